The molecule has 0 saturated heterocycles. The number of benzene rings is 2. The third-order valence-corrected chi connectivity index (χ3v) is 4.21. The van der Waals surface area contributed by atoms with Gasteiger partial charge in [-0.15, -0.1) is 11.8 Å². The molecule has 0 radical (unpaired) electrons. The predicted molar refractivity (Wildman–Crippen MR) is 99.8 cm³/mol. The Morgan fingerprint density at radius 1 is 0.913 bits per heavy atom. The lowest BCUT2D eigenvalue weighted by Crippen LogP contribution is -2.47. The maximum Gasteiger partial charge on any atom is 0.248 e. The van der Waals surface area contributed by atoms with Crippen molar-refractivity contribution < 1.29 is 4.79 Å². The first-order chi connectivity index (χ1) is 11.2. The highest BCUT2D eigenvalue weighted by molar-refractivity contribution is 7.99. The molecule has 0 fully saturated rings. The Hall–Kier alpha value is -2.05. The Labute approximate surface area is 146 Å². The zero-order chi connectivity index (χ0) is 16.3. The molecule has 4 nitrogen and oxygen atoms in total. The summed E-state index contributed by atoms with van der Waals surface area (Å²) in [7, 11) is 0. The van der Waals surface area contributed by atoms with E-state index in [0.29, 0.717) is 17.4 Å². The van der Waals surface area contributed by atoms with Crippen molar-refractivity contribution in [1.29, 1.82) is 0 Å². The molecule has 2 aromatic carbocycles. The average Bonchev–Trinajstić information content (AvgIpc) is 2.60. The van der Waals surface area contributed by atoms with Gasteiger partial charge in [0.2, 0.25) is 5.91 Å². The van der Waals surface area contributed by atoms with E-state index in [1.807, 2.05) is 60.7 Å². The summed E-state index contributed by atoms with van der Waals surface area (Å²) >= 11 is 6.68. The van der Waals surface area contributed by atoms with Gasteiger partial charge in [0.15, 0.2) is 5.11 Å². The summed E-state index contributed by atoms with van der Waals surface area (Å²) in [6.07, 6.45) is 0. The Kier molecular flexibility index (Phi) is 7.42. The third-order valence-electron chi connectivity index (χ3n) is 2.96. The fourth-order valence-electron chi connectivity index (χ4n) is 1.82. The van der Waals surface area contributed by atoms with E-state index in [9.17, 15) is 4.79 Å². The largest absolute Gasteiger partial charge is 0.357 e. The SMILES string of the molecule is O=C(CSCc1ccccc1)NNC(=S)NCc1ccccc1. The monoisotopic (exact) mass is 345 g/mol. The smallest absolute Gasteiger partial charge is 0.248 e. The number of rotatable bonds is 6. The minimum absolute atomic E-state index is 0.102. The van der Waals surface area contributed by atoms with Crippen molar-refractivity contribution in [3.63, 3.8) is 0 Å². The summed E-state index contributed by atoms with van der Waals surface area (Å²) in [4.78, 5) is 11.7. The quantitative estimate of drug-likeness (QED) is 0.555. The van der Waals surface area contributed by atoms with Crippen LogP contribution in [0.2, 0.25) is 0 Å². The van der Waals surface area contributed by atoms with E-state index in [0.717, 1.165) is 11.3 Å². The lowest BCUT2D eigenvalue weighted by Gasteiger charge is -2.11. The second kappa shape index (κ2) is 9.86. The summed E-state index contributed by atoms with van der Waals surface area (Å²) in [5, 5.41) is 3.43. The van der Waals surface area contributed by atoms with Gasteiger partial charge in [0.05, 0.1) is 5.75 Å². The maximum absolute atomic E-state index is 11.7. The minimum atomic E-state index is -0.102. The molecule has 2 rings (SSSR count). The van der Waals surface area contributed by atoms with Gasteiger partial charge in [0.1, 0.15) is 0 Å². The van der Waals surface area contributed by atoms with E-state index < -0.39 is 0 Å². The maximum atomic E-state index is 11.7. The van der Waals surface area contributed by atoms with Crippen LogP contribution in [-0.4, -0.2) is 16.8 Å². The van der Waals surface area contributed by atoms with Gasteiger partial charge in [0, 0.05) is 12.3 Å². The van der Waals surface area contributed by atoms with Crippen LogP contribution in [0.5, 0.6) is 0 Å². The number of thioether (sulfide) groups is 1. The number of carbonyl (C=O) groups is 1. The summed E-state index contributed by atoms with van der Waals surface area (Å²) in [6, 6.07) is 20.0. The molecule has 6 heteroatoms. The Bertz CT molecular complexity index is 620. The second-order valence-electron chi connectivity index (χ2n) is 4.82. The lowest BCUT2D eigenvalue weighted by atomic mass is 10.2. The zero-order valence-electron chi connectivity index (χ0n) is 12.6. The number of nitrogens with one attached hydrogen (secondary N) is 3. The zero-order valence-corrected chi connectivity index (χ0v) is 14.3. The van der Waals surface area contributed by atoms with Crippen LogP contribution in [0.4, 0.5) is 0 Å². The van der Waals surface area contributed by atoms with Crippen LogP contribution in [-0.2, 0) is 17.1 Å². The van der Waals surface area contributed by atoms with Gasteiger partial charge in [-0.3, -0.25) is 15.6 Å². The van der Waals surface area contributed by atoms with Crippen LogP contribution in [0, 0.1) is 0 Å². The molecule has 0 unspecified atom stereocenters. The van der Waals surface area contributed by atoms with Gasteiger partial charge in [-0.05, 0) is 23.3 Å². The Balaban J connectivity index is 1.57. The summed E-state index contributed by atoms with van der Waals surface area (Å²) in [6.45, 7) is 0.616. The second-order valence-corrected chi connectivity index (χ2v) is 6.21. The molecule has 0 atom stereocenters. The van der Waals surface area contributed by atoms with Crippen molar-refractivity contribution in [3.8, 4) is 0 Å². The van der Waals surface area contributed by atoms with E-state index in [4.69, 9.17) is 12.2 Å². The molecule has 1 amide bonds. The molecule has 120 valence electrons. The molecular weight excluding hydrogens is 326 g/mol. The molecule has 3 N–H and O–H groups in total. The number of amides is 1. The van der Waals surface area contributed by atoms with Gasteiger partial charge < -0.3 is 5.32 Å². The van der Waals surface area contributed by atoms with Gasteiger partial charge in [0.25, 0.3) is 0 Å². The molecule has 0 heterocycles. The van der Waals surface area contributed by atoms with Crippen LogP contribution in [0.3, 0.4) is 0 Å². The molecule has 23 heavy (non-hydrogen) atoms. The average molecular weight is 345 g/mol. The van der Waals surface area contributed by atoms with Crippen LogP contribution >= 0.6 is 24.0 Å². The number of thiocarbonyl (C=S) groups is 1. The highest BCUT2D eigenvalue weighted by atomic mass is 32.2. The molecule has 0 aliphatic heterocycles. The van der Waals surface area contributed by atoms with E-state index in [1.165, 1.54) is 5.56 Å². The fourth-order valence-corrected chi connectivity index (χ4v) is 2.73. The molecule has 0 spiro atoms. The van der Waals surface area contributed by atoms with E-state index in [1.54, 1.807) is 11.8 Å². The summed E-state index contributed by atoms with van der Waals surface area (Å²) < 4.78 is 0. The van der Waals surface area contributed by atoms with Crippen molar-refractivity contribution in [2.75, 3.05) is 5.75 Å². The Morgan fingerprint density at radius 2 is 1.52 bits per heavy atom. The first-order valence-corrected chi connectivity index (χ1v) is 8.78. The lowest BCUT2D eigenvalue weighted by molar-refractivity contribution is -0.119. The van der Waals surface area contributed by atoms with Crippen LogP contribution < -0.4 is 16.2 Å². The van der Waals surface area contributed by atoms with Crippen molar-refractivity contribution in [2.24, 2.45) is 0 Å². The molecule has 0 saturated carbocycles. The van der Waals surface area contributed by atoms with Gasteiger partial charge in [-0.2, -0.15) is 0 Å². The van der Waals surface area contributed by atoms with Crippen molar-refractivity contribution >= 4 is 35.0 Å². The summed E-state index contributed by atoms with van der Waals surface area (Å²) in [5.41, 5.74) is 7.63. The molecular formula is C17H19N3OS2. The highest BCUT2D eigenvalue weighted by Gasteiger charge is 2.02. The minimum Gasteiger partial charge on any atom is -0.357 e. The standard InChI is InChI=1S/C17H19N3OS2/c21-16(13-23-12-15-9-5-2-6-10-15)19-20-17(22)18-11-14-7-3-1-4-8-14/h1-10H,11-13H2,(H,19,21)(H2,18,20,22). The van der Waals surface area contributed by atoms with E-state index in [2.05, 4.69) is 16.2 Å². The summed E-state index contributed by atoms with van der Waals surface area (Å²) in [5.74, 6) is 1.09. The van der Waals surface area contributed by atoms with Crippen molar-refractivity contribution in [2.45, 2.75) is 12.3 Å². The number of carbonyl (C=O) groups excluding carboxylic acids is 1. The van der Waals surface area contributed by atoms with Crippen LogP contribution in [0.25, 0.3) is 0 Å². The van der Waals surface area contributed by atoms with Crippen LogP contribution in [0.15, 0.2) is 60.7 Å². The van der Waals surface area contributed by atoms with E-state index >= 15 is 0 Å². The van der Waals surface area contributed by atoms with Gasteiger partial charge >= 0.3 is 0 Å². The first-order valence-electron chi connectivity index (χ1n) is 7.22. The predicted octanol–water partition coefficient (Wildman–Crippen LogP) is 2.62. The third kappa shape index (κ3) is 7.17. The number of hydrazine groups is 1. The molecule has 0 aliphatic rings. The normalized spacial score (nSPS) is 9.91. The van der Waals surface area contributed by atoms with Gasteiger partial charge in [-0.25, -0.2) is 0 Å². The highest BCUT2D eigenvalue weighted by Crippen LogP contribution is 2.10. The van der Waals surface area contributed by atoms with Crippen molar-refractivity contribution in [1.82, 2.24) is 16.2 Å². The van der Waals surface area contributed by atoms with Crippen molar-refractivity contribution in [3.05, 3.63) is 71.8 Å². The fraction of sp³-hybridized carbons (Fsp3) is 0.176. The first kappa shape index (κ1) is 17.3. The van der Waals surface area contributed by atoms with Gasteiger partial charge in [-0.1, -0.05) is 60.7 Å². The van der Waals surface area contributed by atoms with Crippen LogP contribution in [0.1, 0.15) is 11.1 Å². The topological polar surface area (TPSA) is 53.2 Å². The molecule has 0 aromatic heterocycles. The number of hydrogen-bond donors (Lipinski definition) is 3. The van der Waals surface area contributed by atoms with E-state index in [-0.39, 0.29) is 5.91 Å². The number of hydrogen-bond acceptors (Lipinski definition) is 3. The Morgan fingerprint density at radius 3 is 2.17 bits per heavy atom. The molecule has 2 aromatic rings. The molecule has 0 aliphatic carbocycles. The molecule has 0 bridgehead atoms.